The number of likely N-dealkylation sites (tertiary alicyclic amines) is 1. The minimum Gasteiger partial charge on any atom is -0.325 e. The summed E-state index contributed by atoms with van der Waals surface area (Å²) in [6.45, 7) is 6.03. The molecule has 4 aromatic rings. The zero-order chi connectivity index (χ0) is 31.7. The van der Waals surface area contributed by atoms with Crippen LogP contribution in [-0.4, -0.2) is 59.3 Å². The molecule has 0 spiro atoms. The first-order valence-corrected chi connectivity index (χ1v) is 14.6. The van der Waals surface area contributed by atoms with Gasteiger partial charge in [-0.05, 0) is 77.4 Å². The first kappa shape index (κ1) is 29.9. The maximum absolute atomic E-state index is 14.5. The van der Waals surface area contributed by atoms with Crippen LogP contribution in [0, 0.1) is 19.3 Å². The number of carbonyl (C=O) groups excluding carboxylic acids is 3. The molecule has 4 heterocycles. The molecule has 2 aliphatic rings. The highest BCUT2D eigenvalue weighted by Gasteiger charge is 2.64. The van der Waals surface area contributed by atoms with Crippen molar-refractivity contribution >= 4 is 50.2 Å². The zero-order valence-electron chi connectivity index (χ0n) is 24.2. The topological polar surface area (TPSA) is 123 Å². The summed E-state index contributed by atoms with van der Waals surface area (Å²) in [5.41, 5.74) is -0.714. The zero-order valence-corrected chi connectivity index (χ0v) is 25.7. The van der Waals surface area contributed by atoms with Gasteiger partial charge in [-0.2, -0.15) is 18.3 Å². The fraction of sp³-hybridized carbons (Fsp3) is 0.367. The van der Waals surface area contributed by atoms with Gasteiger partial charge in [0, 0.05) is 36.3 Å². The van der Waals surface area contributed by atoms with Gasteiger partial charge in [-0.3, -0.25) is 19.1 Å². The number of amides is 2. The molecule has 1 N–H and O–H groups in total. The van der Waals surface area contributed by atoms with Crippen LogP contribution in [0.2, 0.25) is 0 Å². The van der Waals surface area contributed by atoms with Crippen molar-refractivity contribution in [3.05, 3.63) is 63.9 Å². The van der Waals surface area contributed by atoms with Gasteiger partial charge in [0.05, 0.1) is 11.1 Å². The summed E-state index contributed by atoms with van der Waals surface area (Å²) in [4.78, 5) is 53.8. The van der Waals surface area contributed by atoms with E-state index in [-0.39, 0.29) is 33.6 Å². The number of pyridine rings is 1. The maximum atomic E-state index is 14.5. The minimum atomic E-state index is -4.84. The number of fused-ring (bicyclic) bond motifs is 2. The molecule has 1 unspecified atom stereocenters. The van der Waals surface area contributed by atoms with Crippen molar-refractivity contribution in [1.29, 1.82) is 0 Å². The van der Waals surface area contributed by atoms with Gasteiger partial charge in [0.15, 0.2) is 5.78 Å². The predicted molar refractivity (Wildman–Crippen MR) is 158 cm³/mol. The van der Waals surface area contributed by atoms with Crippen LogP contribution >= 0.6 is 15.9 Å². The average molecular weight is 670 g/mol. The Labute approximate surface area is 258 Å². The number of alkyl halides is 3. The normalized spacial score (nSPS) is 21.0. The monoisotopic (exact) mass is 669 g/mol. The lowest BCUT2D eigenvalue weighted by atomic mass is 10.00. The third-order valence-electron chi connectivity index (χ3n) is 8.41. The Morgan fingerprint density at radius 1 is 1.09 bits per heavy atom. The highest BCUT2D eigenvalue weighted by atomic mass is 79.9. The third kappa shape index (κ3) is 5.24. The summed E-state index contributed by atoms with van der Waals surface area (Å²) in [6.07, 6.45) is -0.959. The van der Waals surface area contributed by atoms with E-state index in [0.717, 1.165) is 16.3 Å². The highest BCUT2D eigenvalue weighted by molar-refractivity contribution is 9.10. The Morgan fingerprint density at radius 2 is 1.80 bits per heavy atom. The summed E-state index contributed by atoms with van der Waals surface area (Å²) in [5.74, 6) is -0.770. The van der Waals surface area contributed by atoms with Crippen molar-refractivity contribution in [3.8, 4) is 11.1 Å². The number of benzene rings is 1. The fourth-order valence-corrected chi connectivity index (χ4v) is 6.33. The second-order valence-electron chi connectivity index (χ2n) is 11.7. The number of rotatable bonds is 6. The third-order valence-corrected chi connectivity index (χ3v) is 8.85. The molecule has 1 aliphatic heterocycles. The maximum Gasteiger partial charge on any atom is 0.418 e. The molecular formula is C30H27BrF3N7O3. The molecule has 0 radical (unpaired) electrons. The largest absolute Gasteiger partial charge is 0.418 e. The van der Waals surface area contributed by atoms with Gasteiger partial charge in [-0.15, -0.1) is 0 Å². The number of Topliss-reactive ketones (excluding diaryl/α,β-unsaturated/α-hetero) is 1. The van der Waals surface area contributed by atoms with Crippen molar-refractivity contribution in [2.24, 2.45) is 5.41 Å². The van der Waals surface area contributed by atoms with E-state index >= 15 is 0 Å². The van der Waals surface area contributed by atoms with E-state index < -0.39 is 41.9 Å². The number of aryl methyl sites for hydroxylation is 2. The second kappa shape index (κ2) is 10.5. The number of hydrogen-bond donors (Lipinski definition) is 1. The van der Waals surface area contributed by atoms with E-state index in [1.807, 2.05) is 6.92 Å². The number of nitrogens with zero attached hydrogens (tertiary/aromatic N) is 6. The smallest absolute Gasteiger partial charge is 0.325 e. The van der Waals surface area contributed by atoms with Crippen LogP contribution in [0.4, 0.5) is 19.0 Å². The molecule has 1 aromatic carbocycles. The Morgan fingerprint density at radius 3 is 2.45 bits per heavy atom. The number of anilines is 1. The van der Waals surface area contributed by atoms with Gasteiger partial charge >= 0.3 is 6.18 Å². The van der Waals surface area contributed by atoms with Crippen molar-refractivity contribution in [2.45, 2.75) is 65.3 Å². The number of ketones is 1. The van der Waals surface area contributed by atoms with Gasteiger partial charge in [0.25, 0.3) is 0 Å². The van der Waals surface area contributed by atoms with Crippen molar-refractivity contribution in [3.63, 3.8) is 0 Å². The molecular weight excluding hydrogens is 643 g/mol. The fourth-order valence-electron chi connectivity index (χ4n) is 6.02. The quantitative estimate of drug-likeness (QED) is 0.212. The van der Waals surface area contributed by atoms with Crippen molar-refractivity contribution in [2.75, 3.05) is 5.32 Å². The van der Waals surface area contributed by atoms with Crippen molar-refractivity contribution in [1.82, 2.24) is 29.6 Å². The van der Waals surface area contributed by atoms with Gasteiger partial charge < -0.3 is 10.2 Å². The van der Waals surface area contributed by atoms with E-state index in [0.29, 0.717) is 34.7 Å². The van der Waals surface area contributed by atoms with E-state index in [4.69, 9.17) is 0 Å². The predicted octanol–water partition coefficient (Wildman–Crippen LogP) is 5.51. The number of nitrogens with one attached hydrogen (secondary N) is 1. The second-order valence-corrected chi connectivity index (χ2v) is 12.5. The van der Waals surface area contributed by atoms with Crippen molar-refractivity contribution < 1.29 is 27.6 Å². The number of hydrogen-bond acceptors (Lipinski definition) is 7. The van der Waals surface area contributed by atoms with Crippen LogP contribution < -0.4 is 5.32 Å². The molecule has 14 heteroatoms. The van der Waals surface area contributed by atoms with Crippen LogP contribution in [0.1, 0.15) is 54.1 Å². The lowest BCUT2D eigenvalue weighted by Gasteiger charge is -2.27. The summed E-state index contributed by atoms with van der Waals surface area (Å²) in [7, 11) is 0. The van der Waals surface area contributed by atoms with E-state index in [1.165, 1.54) is 30.3 Å². The Hall–Kier alpha value is -4.20. The molecule has 228 valence electrons. The number of carbonyl (C=O) groups is 3. The molecule has 10 nitrogen and oxygen atoms in total. The molecule has 3 atom stereocenters. The first-order valence-electron chi connectivity index (χ1n) is 13.8. The summed E-state index contributed by atoms with van der Waals surface area (Å²) in [6, 6.07) is 4.81. The van der Waals surface area contributed by atoms with Crippen LogP contribution in [0.5, 0.6) is 0 Å². The molecule has 3 aromatic heterocycles. The van der Waals surface area contributed by atoms with Gasteiger partial charge in [0.2, 0.25) is 11.8 Å². The molecule has 44 heavy (non-hydrogen) atoms. The molecule has 1 saturated heterocycles. The van der Waals surface area contributed by atoms with E-state index in [2.05, 4.69) is 41.3 Å². The van der Waals surface area contributed by atoms with Crippen LogP contribution in [-0.2, 0) is 22.3 Å². The standard InChI is InChI=1S/C30H27BrF3N7O3/c1-14-5-6-23(31)37-27(14)38-28(44)21-9-29(4)10-22(29)41(21)24(43)13-40-26-19(25(39-40)15(2)42)7-17(8-20(26)30(32,33)34)18-11-35-16(3)36-12-18/h5-8,11-12,21-22H,9-10,13H2,1-4H3,(H,37,38,44)/t21-,22?,29-/m0/s1. The number of piperidine rings is 1. The van der Waals surface area contributed by atoms with Gasteiger partial charge in [0.1, 0.15) is 34.5 Å². The van der Waals surface area contributed by atoms with E-state index in [1.54, 1.807) is 26.0 Å². The van der Waals surface area contributed by atoms with Gasteiger partial charge in [-0.1, -0.05) is 13.0 Å². The summed E-state index contributed by atoms with van der Waals surface area (Å²) >= 11 is 3.29. The van der Waals surface area contributed by atoms with E-state index in [9.17, 15) is 27.6 Å². The molecule has 1 aliphatic carbocycles. The Kier molecular flexibility index (Phi) is 7.10. The van der Waals surface area contributed by atoms with Crippen LogP contribution in [0.25, 0.3) is 22.0 Å². The number of halogens is 4. The molecule has 0 bridgehead atoms. The number of aromatic nitrogens is 5. The average Bonchev–Trinajstić information content (AvgIpc) is 3.31. The first-order chi connectivity index (χ1) is 20.7. The minimum absolute atomic E-state index is 0.0427. The highest BCUT2D eigenvalue weighted by Crippen LogP contribution is 2.59. The van der Waals surface area contributed by atoms with Crippen LogP contribution in [0.15, 0.2) is 41.3 Å². The van der Waals surface area contributed by atoms with Gasteiger partial charge in [-0.25, -0.2) is 15.0 Å². The molecule has 2 amide bonds. The lowest BCUT2D eigenvalue weighted by Crippen LogP contribution is -2.47. The molecule has 2 fully saturated rings. The molecule has 6 rings (SSSR count). The molecule has 1 saturated carbocycles. The summed E-state index contributed by atoms with van der Waals surface area (Å²) < 4.78 is 45.1. The lowest BCUT2D eigenvalue weighted by molar-refractivity contribution is -0.139. The summed E-state index contributed by atoms with van der Waals surface area (Å²) in [5, 5.41) is 6.97. The SMILES string of the molecule is CC(=O)c1nn(CC(=O)N2C3C[C@]3(C)C[C@H]2C(=O)Nc2nc(Br)ccc2C)c2c(C(F)(F)F)cc(-c3cnc(C)nc3)cc12. The Balaban J connectivity index is 1.38. The van der Waals surface area contributed by atoms with Crippen LogP contribution in [0.3, 0.4) is 0 Å². The Bertz CT molecular complexity index is 1860.